The van der Waals surface area contributed by atoms with Crippen LogP contribution in [0.1, 0.15) is 23.3 Å². The first-order valence-electron chi connectivity index (χ1n) is 9.37. The molecule has 2 heterocycles. The topological polar surface area (TPSA) is 79.9 Å². The van der Waals surface area contributed by atoms with Crippen LogP contribution in [0, 0.1) is 0 Å². The Bertz CT molecular complexity index is 980. The van der Waals surface area contributed by atoms with E-state index in [-0.39, 0.29) is 0 Å². The molecule has 0 saturated heterocycles. The van der Waals surface area contributed by atoms with Gasteiger partial charge in [0.2, 0.25) is 0 Å². The molecule has 2 N–H and O–H groups in total. The van der Waals surface area contributed by atoms with Gasteiger partial charge in [0.1, 0.15) is 11.5 Å². The van der Waals surface area contributed by atoms with Crippen molar-refractivity contribution in [3.05, 3.63) is 65.7 Å². The van der Waals surface area contributed by atoms with Crippen LogP contribution in [0.25, 0.3) is 22.5 Å². The van der Waals surface area contributed by atoms with Gasteiger partial charge >= 0.3 is 0 Å². The van der Waals surface area contributed by atoms with Crippen LogP contribution >= 0.6 is 0 Å². The molecule has 3 aromatic rings. The van der Waals surface area contributed by atoms with Crippen LogP contribution in [-0.2, 0) is 17.7 Å². The second-order valence-electron chi connectivity index (χ2n) is 6.78. The van der Waals surface area contributed by atoms with E-state index < -0.39 is 0 Å². The molecule has 144 valence electrons. The normalized spacial score (nSPS) is 14.5. The molecule has 1 aromatic carbocycles. The van der Waals surface area contributed by atoms with Gasteiger partial charge in [0.05, 0.1) is 18.9 Å². The maximum atomic E-state index is 9.16. The van der Waals surface area contributed by atoms with Gasteiger partial charge in [-0.05, 0) is 48.2 Å². The van der Waals surface area contributed by atoms with Crippen molar-refractivity contribution < 1.29 is 14.4 Å². The second-order valence-corrected chi connectivity index (χ2v) is 6.78. The highest BCUT2D eigenvalue weighted by atomic mass is 16.5. The number of hydrogen-bond acceptors (Lipinski definition) is 6. The Morgan fingerprint density at radius 1 is 1.11 bits per heavy atom. The highest BCUT2D eigenvalue weighted by Gasteiger charge is 2.21. The minimum absolute atomic E-state index is 0.633. The molecule has 1 aliphatic carbocycles. The summed E-state index contributed by atoms with van der Waals surface area (Å²) >= 11 is 0. The summed E-state index contributed by atoms with van der Waals surface area (Å²) in [6, 6.07) is 12.2. The molecule has 6 nitrogen and oxygen atoms in total. The highest BCUT2D eigenvalue weighted by molar-refractivity contribution is 6.04. The summed E-state index contributed by atoms with van der Waals surface area (Å²) in [6.45, 7) is 2.05. The average Bonchev–Trinajstić information content (AvgIpc) is 3.35. The molecule has 6 heteroatoms. The van der Waals surface area contributed by atoms with E-state index in [9.17, 15) is 0 Å². The molecule has 0 atom stereocenters. The van der Waals surface area contributed by atoms with Gasteiger partial charge in [-0.15, -0.1) is 0 Å². The van der Waals surface area contributed by atoms with E-state index in [4.69, 9.17) is 14.4 Å². The Morgan fingerprint density at radius 3 is 2.75 bits per heavy atom. The number of nitrogens with zero attached hydrogens (tertiary/aromatic N) is 2. The Labute approximate surface area is 163 Å². The first kappa shape index (κ1) is 18.4. The third kappa shape index (κ3) is 3.69. The zero-order chi connectivity index (χ0) is 19.3. The maximum absolute atomic E-state index is 9.16. The van der Waals surface area contributed by atoms with E-state index in [0.717, 1.165) is 58.9 Å². The molecule has 0 saturated carbocycles. The molecule has 28 heavy (non-hydrogen) atoms. The molecule has 1 aliphatic rings. The van der Waals surface area contributed by atoms with Crippen molar-refractivity contribution in [2.45, 2.75) is 19.4 Å². The van der Waals surface area contributed by atoms with Crippen LogP contribution in [0.4, 0.5) is 0 Å². The molecule has 0 unspecified atom stereocenters. The molecule has 0 fully saturated rings. The van der Waals surface area contributed by atoms with Crippen LogP contribution in [0.2, 0.25) is 0 Å². The monoisotopic (exact) mass is 377 g/mol. The lowest BCUT2D eigenvalue weighted by molar-refractivity contribution is 0.198. The van der Waals surface area contributed by atoms with Gasteiger partial charge in [-0.3, -0.25) is 4.98 Å². The fraction of sp³-hybridized carbons (Fsp3) is 0.273. The number of pyridine rings is 1. The quantitative estimate of drug-likeness (QED) is 0.371. The van der Waals surface area contributed by atoms with Gasteiger partial charge in [0.25, 0.3) is 0 Å². The molecule has 0 amide bonds. The standard InChI is InChI=1S/C22H23N3O3/c1-27-11-10-24-14-18-13-20(15-6-8-23-9-7-15)22(28-18)17-2-4-19-16(12-17)3-5-21(19)25-26/h2,4,6-9,12-13,24,26H,3,5,10-11,14H2,1H3. The van der Waals surface area contributed by atoms with Crippen LogP contribution < -0.4 is 5.32 Å². The number of aryl methyl sites for hydroxylation is 1. The predicted molar refractivity (Wildman–Crippen MR) is 108 cm³/mol. The maximum Gasteiger partial charge on any atom is 0.142 e. The van der Waals surface area contributed by atoms with E-state index in [2.05, 4.69) is 27.6 Å². The van der Waals surface area contributed by atoms with E-state index in [0.29, 0.717) is 13.2 Å². The summed E-state index contributed by atoms with van der Waals surface area (Å²) in [6.07, 6.45) is 5.21. The lowest BCUT2D eigenvalue weighted by Gasteiger charge is -2.06. The zero-order valence-electron chi connectivity index (χ0n) is 15.8. The number of nitrogens with one attached hydrogen (secondary N) is 1. The molecular weight excluding hydrogens is 354 g/mol. The molecular formula is C22H23N3O3. The molecule has 4 rings (SSSR count). The minimum Gasteiger partial charge on any atom is -0.459 e. The summed E-state index contributed by atoms with van der Waals surface area (Å²) in [5.41, 5.74) is 6.08. The van der Waals surface area contributed by atoms with Crippen LogP contribution in [-0.4, -0.2) is 36.2 Å². The van der Waals surface area contributed by atoms with Crippen molar-refractivity contribution in [3.8, 4) is 22.5 Å². The van der Waals surface area contributed by atoms with Gasteiger partial charge in [-0.2, -0.15) is 0 Å². The number of oxime groups is 1. The Kier molecular flexibility index (Phi) is 5.50. The number of aromatic nitrogens is 1. The smallest absolute Gasteiger partial charge is 0.142 e. The van der Waals surface area contributed by atoms with Crippen LogP contribution in [0.3, 0.4) is 0 Å². The fourth-order valence-electron chi connectivity index (χ4n) is 3.59. The summed E-state index contributed by atoms with van der Waals surface area (Å²) < 4.78 is 11.3. The summed E-state index contributed by atoms with van der Waals surface area (Å²) in [5.74, 6) is 1.71. The number of furan rings is 1. The highest BCUT2D eigenvalue weighted by Crippen LogP contribution is 2.37. The number of rotatable bonds is 7. The van der Waals surface area contributed by atoms with Crippen LogP contribution in [0.5, 0.6) is 0 Å². The zero-order valence-corrected chi connectivity index (χ0v) is 15.8. The van der Waals surface area contributed by atoms with E-state index in [1.807, 2.05) is 24.3 Å². The first-order valence-corrected chi connectivity index (χ1v) is 9.37. The fourth-order valence-corrected chi connectivity index (χ4v) is 3.59. The Morgan fingerprint density at radius 2 is 1.96 bits per heavy atom. The Hall–Kier alpha value is -2.96. The molecule has 0 bridgehead atoms. The molecule has 0 aliphatic heterocycles. The minimum atomic E-state index is 0.633. The summed E-state index contributed by atoms with van der Waals surface area (Å²) in [7, 11) is 1.69. The number of ether oxygens (including phenoxy) is 1. The van der Waals surface area contributed by atoms with Gasteiger partial charge in [-0.1, -0.05) is 17.3 Å². The van der Waals surface area contributed by atoms with Gasteiger partial charge in [0.15, 0.2) is 0 Å². The van der Waals surface area contributed by atoms with Gasteiger partial charge < -0.3 is 19.7 Å². The van der Waals surface area contributed by atoms with Crippen molar-refractivity contribution in [1.82, 2.24) is 10.3 Å². The molecule has 2 aromatic heterocycles. The first-order chi connectivity index (χ1) is 13.8. The van der Waals surface area contributed by atoms with Crippen molar-refractivity contribution in [2.75, 3.05) is 20.3 Å². The number of fused-ring (bicyclic) bond motifs is 1. The SMILES string of the molecule is COCCNCc1cc(-c2ccncc2)c(-c2ccc3c(c2)CCC3=NO)o1. The average molecular weight is 377 g/mol. The van der Waals surface area contributed by atoms with Crippen molar-refractivity contribution in [3.63, 3.8) is 0 Å². The predicted octanol–water partition coefficient (Wildman–Crippen LogP) is 3.87. The van der Waals surface area contributed by atoms with Crippen LogP contribution in [0.15, 0.2) is 58.4 Å². The van der Waals surface area contributed by atoms with Crippen molar-refractivity contribution in [1.29, 1.82) is 0 Å². The van der Waals surface area contributed by atoms with E-state index >= 15 is 0 Å². The van der Waals surface area contributed by atoms with Crippen molar-refractivity contribution >= 4 is 5.71 Å². The number of benzene rings is 1. The van der Waals surface area contributed by atoms with Gasteiger partial charge in [0, 0.05) is 42.7 Å². The Balaban J connectivity index is 1.70. The lowest BCUT2D eigenvalue weighted by atomic mass is 9.99. The third-order valence-corrected chi connectivity index (χ3v) is 4.99. The molecule has 0 radical (unpaired) electrons. The summed E-state index contributed by atoms with van der Waals surface area (Å²) in [4.78, 5) is 4.12. The molecule has 0 spiro atoms. The van der Waals surface area contributed by atoms with Gasteiger partial charge in [-0.25, -0.2) is 0 Å². The second kappa shape index (κ2) is 8.37. The summed E-state index contributed by atoms with van der Waals surface area (Å²) in [5, 5.41) is 15.9. The lowest BCUT2D eigenvalue weighted by Crippen LogP contribution is -2.18. The number of hydrogen-bond donors (Lipinski definition) is 2. The van der Waals surface area contributed by atoms with E-state index in [1.165, 1.54) is 5.56 Å². The third-order valence-electron chi connectivity index (χ3n) is 4.99. The van der Waals surface area contributed by atoms with E-state index in [1.54, 1.807) is 19.5 Å². The van der Waals surface area contributed by atoms with Crippen molar-refractivity contribution in [2.24, 2.45) is 5.16 Å². The number of methoxy groups -OCH3 is 1. The largest absolute Gasteiger partial charge is 0.459 e.